The second-order valence-corrected chi connectivity index (χ2v) is 8.07. The number of rotatable bonds is 8. The van der Waals surface area contributed by atoms with Gasteiger partial charge in [-0.05, 0) is 37.1 Å². The molecule has 3 aromatic rings. The van der Waals surface area contributed by atoms with Gasteiger partial charge in [-0.25, -0.2) is 4.98 Å². The summed E-state index contributed by atoms with van der Waals surface area (Å²) < 4.78 is 11.5. The third kappa shape index (κ3) is 5.97. The van der Waals surface area contributed by atoms with Gasteiger partial charge in [0.2, 0.25) is 0 Å². The molecule has 0 fully saturated rings. The molecule has 0 spiro atoms. The SMILES string of the molecule is CN=C(NCc1ccc(OCc2ccccc2)c(OC)c1)NCc1sc(C)nc1C. The molecule has 0 saturated carbocycles. The maximum absolute atomic E-state index is 5.93. The molecule has 7 heteroatoms. The maximum atomic E-state index is 5.93. The fraction of sp³-hybridized carbons (Fsp3) is 0.304. The summed E-state index contributed by atoms with van der Waals surface area (Å²) in [7, 11) is 3.42. The highest BCUT2D eigenvalue weighted by Crippen LogP contribution is 2.28. The van der Waals surface area contributed by atoms with Crippen LogP contribution < -0.4 is 20.1 Å². The van der Waals surface area contributed by atoms with Gasteiger partial charge in [0, 0.05) is 18.5 Å². The predicted molar refractivity (Wildman–Crippen MR) is 122 cm³/mol. The quantitative estimate of drug-likeness (QED) is 0.419. The van der Waals surface area contributed by atoms with Gasteiger partial charge in [-0.2, -0.15) is 0 Å². The molecule has 0 atom stereocenters. The van der Waals surface area contributed by atoms with Gasteiger partial charge in [-0.3, -0.25) is 4.99 Å². The Morgan fingerprint density at radius 3 is 2.43 bits per heavy atom. The molecule has 1 aromatic heterocycles. The van der Waals surface area contributed by atoms with Gasteiger partial charge in [0.15, 0.2) is 17.5 Å². The summed E-state index contributed by atoms with van der Waals surface area (Å²) in [5.74, 6) is 2.18. The summed E-state index contributed by atoms with van der Waals surface area (Å²) in [6, 6.07) is 16.0. The summed E-state index contributed by atoms with van der Waals surface area (Å²) in [5.41, 5.74) is 3.26. The van der Waals surface area contributed by atoms with Gasteiger partial charge in [0.1, 0.15) is 6.61 Å². The van der Waals surface area contributed by atoms with E-state index in [1.54, 1.807) is 25.5 Å². The number of ether oxygens (including phenoxy) is 2. The Balaban J connectivity index is 1.55. The zero-order valence-corrected chi connectivity index (χ0v) is 18.7. The minimum atomic E-state index is 0.502. The van der Waals surface area contributed by atoms with E-state index in [-0.39, 0.29) is 0 Å². The van der Waals surface area contributed by atoms with Crippen LogP contribution in [-0.2, 0) is 19.7 Å². The van der Waals surface area contributed by atoms with Crippen molar-refractivity contribution in [2.24, 2.45) is 4.99 Å². The topological polar surface area (TPSA) is 67.8 Å². The lowest BCUT2D eigenvalue weighted by molar-refractivity contribution is 0.284. The number of guanidine groups is 1. The zero-order chi connectivity index (χ0) is 21.3. The highest BCUT2D eigenvalue weighted by atomic mass is 32.1. The van der Waals surface area contributed by atoms with Crippen LogP contribution in [0.1, 0.15) is 26.7 Å². The lowest BCUT2D eigenvalue weighted by Gasteiger charge is -2.14. The van der Waals surface area contributed by atoms with Crippen molar-refractivity contribution in [3.63, 3.8) is 0 Å². The van der Waals surface area contributed by atoms with E-state index in [2.05, 4.69) is 20.6 Å². The van der Waals surface area contributed by atoms with E-state index in [0.717, 1.165) is 33.5 Å². The first-order valence-electron chi connectivity index (χ1n) is 9.80. The van der Waals surface area contributed by atoms with Crippen LogP contribution in [0.5, 0.6) is 11.5 Å². The first-order valence-corrected chi connectivity index (χ1v) is 10.6. The number of hydrogen-bond donors (Lipinski definition) is 2. The lowest BCUT2D eigenvalue weighted by atomic mass is 10.2. The second kappa shape index (κ2) is 10.6. The van der Waals surface area contributed by atoms with Gasteiger partial charge in [-0.1, -0.05) is 36.4 Å². The number of benzene rings is 2. The summed E-state index contributed by atoms with van der Waals surface area (Å²) in [4.78, 5) is 9.98. The summed E-state index contributed by atoms with van der Waals surface area (Å²) >= 11 is 1.70. The van der Waals surface area contributed by atoms with Crippen LogP contribution in [0.2, 0.25) is 0 Å². The Morgan fingerprint density at radius 2 is 1.77 bits per heavy atom. The van der Waals surface area contributed by atoms with Crippen LogP contribution in [0.15, 0.2) is 53.5 Å². The molecule has 30 heavy (non-hydrogen) atoms. The van der Waals surface area contributed by atoms with Crippen molar-refractivity contribution in [1.29, 1.82) is 0 Å². The van der Waals surface area contributed by atoms with Crippen molar-refractivity contribution >= 4 is 17.3 Å². The van der Waals surface area contributed by atoms with Gasteiger partial charge in [-0.15, -0.1) is 11.3 Å². The number of thiazole rings is 1. The molecule has 2 aromatic carbocycles. The molecule has 3 rings (SSSR count). The largest absolute Gasteiger partial charge is 0.493 e. The first kappa shape index (κ1) is 21.6. The van der Waals surface area contributed by atoms with Crippen molar-refractivity contribution in [2.45, 2.75) is 33.5 Å². The molecule has 0 aliphatic heterocycles. The third-order valence-corrected chi connectivity index (χ3v) is 5.64. The van der Waals surface area contributed by atoms with Crippen LogP contribution in [0.4, 0.5) is 0 Å². The molecule has 0 aliphatic rings. The van der Waals surface area contributed by atoms with Crippen molar-refractivity contribution in [3.8, 4) is 11.5 Å². The number of aliphatic imine (C=N–C) groups is 1. The maximum Gasteiger partial charge on any atom is 0.191 e. The molecular weight excluding hydrogens is 396 g/mol. The lowest BCUT2D eigenvalue weighted by Crippen LogP contribution is -2.36. The van der Waals surface area contributed by atoms with Crippen molar-refractivity contribution in [2.75, 3.05) is 14.2 Å². The number of methoxy groups -OCH3 is 1. The highest BCUT2D eigenvalue weighted by molar-refractivity contribution is 7.11. The van der Waals surface area contributed by atoms with E-state index < -0.39 is 0 Å². The van der Waals surface area contributed by atoms with E-state index >= 15 is 0 Å². The summed E-state index contributed by atoms with van der Waals surface area (Å²) in [5, 5.41) is 7.76. The highest BCUT2D eigenvalue weighted by Gasteiger charge is 2.08. The van der Waals surface area contributed by atoms with E-state index in [1.807, 2.05) is 62.4 Å². The molecule has 2 N–H and O–H groups in total. The fourth-order valence-corrected chi connectivity index (χ4v) is 3.86. The second-order valence-electron chi connectivity index (χ2n) is 6.78. The number of nitrogens with one attached hydrogen (secondary N) is 2. The molecule has 1 heterocycles. The van der Waals surface area contributed by atoms with Crippen LogP contribution in [0.3, 0.4) is 0 Å². The Kier molecular flexibility index (Phi) is 7.68. The van der Waals surface area contributed by atoms with Gasteiger partial charge >= 0.3 is 0 Å². The molecule has 0 radical (unpaired) electrons. The van der Waals surface area contributed by atoms with Gasteiger partial charge < -0.3 is 20.1 Å². The van der Waals surface area contributed by atoms with E-state index in [0.29, 0.717) is 25.4 Å². The molecule has 0 aliphatic carbocycles. The molecule has 0 unspecified atom stereocenters. The number of aryl methyl sites for hydroxylation is 2. The number of aromatic nitrogens is 1. The van der Waals surface area contributed by atoms with E-state index in [4.69, 9.17) is 9.47 Å². The van der Waals surface area contributed by atoms with Gasteiger partial charge in [0.05, 0.1) is 24.4 Å². The molecule has 6 nitrogen and oxygen atoms in total. The normalized spacial score (nSPS) is 11.3. The average molecular weight is 425 g/mol. The minimum absolute atomic E-state index is 0.502. The Bertz CT molecular complexity index is 986. The Labute approximate surface area is 182 Å². The molecule has 0 amide bonds. The summed E-state index contributed by atoms with van der Waals surface area (Å²) in [6.07, 6.45) is 0. The molecule has 0 saturated heterocycles. The minimum Gasteiger partial charge on any atom is -0.493 e. The Morgan fingerprint density at radius 1 is 1.00 bits per heavy atom. The zero-order valence-electron chi connectivity index (χ0n) is 17.9. The van der Waals surface area contributed by atoms with Crippen molar-refractivity contribution in [3.05, 3.63) is 75.2 Å². The predicted octanol–water partition coefficient (Wildman–Crippen LogP) is 4.21. The van der Waals surface area contributed by atoms with E-state index in [1.165, 1.54) is 4.88 Å². The number of hydrogen-bond acceptors (Lipinski definition) is 5. The van der Waals surface area contributed by atoms with Gasteiger partial charge in [0.25, 0.3) is 0 Å². The summed E-state index contributed by atoms with van der Waals surface area (Å²) in [6.45, 7) is 5.88. The third-order valence-electron chi connectivity index (χ3n) is 4.56. The van der Waals surface area contributed by atoms with Crippen LogP contribution in [0.25, 0.3) is 0 Å². The smallest absolute Gasteiger partial charge is 0.191 e. The number of nitrogens with zero attached hydrogens (tertiary/aromatic N) is 2. The monoisotopic (exact) mass is 424 g/mol. The van der Waals surface area contributed by atoms with Crippen LogP contribution in [-0.4, -0.2) is 25.1 Å². The van der Waals surface area contributed by atoms with Crippen LogP contribution in [0, 0.1) is 13.8 Å². The van der Waals surface area contributed by atoms with Crippen LogP contribution >= 0.6 is 11.3 Å². The molecular formula is C23H28N4O2S. The molecule has 0 bridgehead atoms. The van der Waals surface area contributed by atoms with Crippen molar-refractivity contribution in [1.82, 2.24) is 15.6 Å². The standard InChI is InChI=1S/C23H28N4O2S/c1-16-22(30-17(2)27-16)14-26-23(24-3)25-13-19-10-11-20(21(12-19)28-4)29-15-18-8-6-5-7-9-18/h5-12H,13-15H2,1-4H3,(H2,24,25,26). The average Bonchev–Trinajstić information content (AvgIpc) is 3.10. The van der Waals surface area contributed by atoms with E-state index in [9.17, 15) is 0 Å². The Hall–Kier alpha value is -3.06. The fourth-order valence-electron chi connectivity index (χ4n) is 2.98. The first-order chi connectivity index (χ1) is 14.6. The molecule has 158 valence electrons. The van der Waals surface area contributed by atoms with Crippen molar-refractivity contribution < 1.29 is 9.47 Å².